The number of ether oxygens (including phenoxy) is 1. The highest BCUT2D eigenvalue weighted by Gasteiger charge is 2.21. The lowest BCUT2D eigenvalue weighted by atomic mass is 9.83. The van der Waals surface area contributed by atoms with Crippen molar-refractivity contribution >= 4 is 0 Å². The topological polar surface area (TPSA) is 35.2 Å². The van der Waals surface area contributed by atoms with Gasteiger partial charge in [0.25, 0.3) is 0 Å². The van der Waals surface area contributed by atoms with Crippen LogP contribution in [-0.2, 0) is 4.74 Å². The Morgan fingerprint density at radius 1 is 1.47 bits per heavy atom. The van der Waals surface area contributed by atoms with Crippen LogP contribution in [0.15, 0.2) is 11.8 Å². The Labute approximate surface area is 93.9 Å². The van der Waals surface area contributed by atoms with E-state index < -0.39 is 0 Å². The average Bonchev–Trinajstić information content (AvgIpc) is 2.50. The van der Waals surface area contributed by atoms with Crippen LogP contribution in [0.1, 0.15) is 47.0 Å². The van der Waals surface area contributed by atoms with Crippen LogP contribution in [0.2, 0.25) is 0 Å². The average molecular weight is 211 g/mol. The van der Waals surface area contributed by atoms with Gasteiger partial charge in [0, 0.05) is 6.42 Å². The van der Waals surface area contributed by atoms with Crippen molar-refractivity contribution < 1.29 is 4.74 Å². The molecule has 2 N–H and O–H groups in total. The molecule has 15 heavy (non-hydrogen) atoms. The molecule has 1 rings (SSSR count). The van der Waals surface area contributed by atoms with Crippen LogP contribution in [-0.4, -0.2) is 12.6 Å². The molecule has 0 fully saturated rings. The molecular formula is C13H25NO. The molecule has 2 unspecified atom stereocenters. The lowest BCUT2D eigenvalue weighted by Gasteiger charge is -2.25. The molecule has 0 aromatic rings. The van der Waals surface area contributed by atoms with Gasteiger partial charge in [-0.15, -0.1) is 0 Å². The van der Waals surface area contributed by atoms with Crippen LogP contribution in [0.4, 0.5) is 0 Å². The predicted octanol–water partition coefficient (Wildman–Crippen LogP) is 3.08. The Kier molecular flexibility index (Phi) is 4.21. The van der Waals surface area contributed by atoms with Crippen molar-refractivity contribution in [2.45, 2.75) is 53.0 Å². The van der Waals surface area contributed by atoms with Crippen molar-refractivity contribution in [1.29, 1.82) is 0 Å². The molecule has 88 valence electrons. The van der Waals surface area contributed by atoms with Crippen LogP contribution in [0, 0.1) is 11.3 Å². The zero-order chi connectivity index (χ0) is 11.5. The SMILES string of the molecule is CC(CC(N)C1=CCCO1)CC(C)(C)C. The normalized spacial score (nSPS) is 20.7. The largest absolute Gasteiger partial charge is 0.496 e. The highest BCUT2D eigenvalue weighted by atomic mass is 16.5. The summed E-state index contributed by atoms with van der Waals surface area (Å²) in [4.78, 5) is 0. The number of nitrogens with two attached hydrogens (primary N) is 1. The monoisotopic (exact) mass is 211 g/mol. The van der Waals surface area contributed by atoms with E-state index in [9.17, 15) is 0 Å². The second kappa shape index (κ2) is 5.02. The Balaban J connectivity index is 2.34. The molecule has 1 aliphatic rings. The van der Waals surface area contributed by atoms with E-state index in [1.165, 1.54) is 6.42 Å². The van der Waals surface area contributed by atoms with Gasteiger partial charge in [0.15, 0.2) is 0 Å². The second-order valence-corrected chi connectivity index (χ2v) is 5.96. The quantitative estimate of drug-likeness (QED) is 0.775. The van der Waals surface area contributed by atoms with Crippen molar-refractivity contribution in [3.05, 3.63) is 11.8 Å². The summed E-state index contributed by atoms with van der Waals surface area (Å²) in [5, 5.41) is 0. The van der Waals surface area contributed by atoms with Crippen molar-refractivity contribution in [3.8, 4) is 0 Å². The molecule has 0 bridgehead atoms. The smallest absolute Gasteiger partial charge is 0.109 e. The Morgan fingerprint density at radius 2 is 2.13 bits per heavy atom. The van der Waals surface area contributed by atoms with Gasteiger partial charge in [-0.3, -0.25) is 0 Å². The molecule has 2 atom stereocenters. The molecule has 0 aromatic heterocycles. The minimum Gasteiger partial charge on any atom is -0.496 e. The maximum Gasteiger partial charge on any atom is 0.109 e. The summed E-state index contributed by atoms with van der Waals surface area (Å²) in [5.41, 5.74) is 6.50. The molecule has 0 amide bonds. The fraction of sp³-hybridized carbons (Fsp3) is 0.846. The van der Waals surface area contributed by atoms with Gasteiger partial charge in [-0.05, 0) is 30.3 Å². The molecule has 2 heteroatoms. The highest BCUT2D eigenvalue weighted by molar-refractivity contribution is 5.06. The van der Waals surface area contributed by atoms with Crippen LogP contribution in [0.3, 0.4) is 0 Å². The van der Waals surface area contributed by atoms with Crippen molar-refractivity contribution in [1.82, 2.24) is 0 Å². The first-order chi connectivity index (χ1) is 6.88. The van der Waals surface area contributed by atoms with E-state index in [0.29, 0.717) is 11.3 Å². The summed E-state index contributed by atoms with van der Waals surface area (Å²) in [6.07, 6.45) is 5.41. The third kappa shape index (κ3) is 4.70. The lowest BCUT2D eigenvalue weighted by Crippen LogP contribution is -2.27. The zero-order valence-electron chi connectivity index (χ0n) is 10.5. The van der Waals surface area contributed by atoms with Crippen molar-refractivity contribution in [2.24, 2.45) is 17.1 Å². The summed E-state index contributed by atoms with van der Waals surface area (Å²) < 4.78 is 5.48. The van der Waals surface area contributed by atoms with Gasteiger partial charge in [0.1, 0.15) is 5.76 Å². The first kappa shape index (κ1) is 12.6. The molecule has 0 radical (unpaired) electrons. The van der Waals surface area contributed by atoms with Gasteiger partial charge in [0.2, 0.25) is 0 Å². The summed E-state index contributed by atoms with van der Waals surface area (Å²) >= 11 is 0. The fourth-order valence-corrected chi connectivity index (χ4v) is 2.37. The maximum absolute atomic E-state index is 6.11. The van der Waals surface area contributed by atoms with Crippen LogP contribution in [0.25, 0.3) is 0 Å². The van der Waals surface area contributed by atoms with Crippen LogP contribution < -0.4 is 5.73 Å². The maximum atomic E-state index is 6.11. The standard InChI is InChI=1S/C13H25NO/c1-10(9-13(2,3)4)8-11(14)12-6-5-7-15-12/h6,10-11H,5,7-9,14H2,1-4H3. The van der Waals surface area contributed by atoms with Gasteiger partial charge in [-0.1, -0.05) is 27.7 Å². The molecule has 0 aromatic carbocycles. The molecule has 1 aliphatic heterocycles. The van der Waals surface area contributed by atoms with Crippen molar-refractivity contribution in [3.63, 3.8) is 0 Å². The summed E-state index contributed by atoms with van der Waals surface area (Å²) in [7, 11) is 0. The highest BCUT2D eigenvalue weighted by Crippen LogP contribution is 2.28. The first-order valence-corrected chi connectivity index (χ1v) is 5.97. The Hall–Kier alpha value is -0.500. The minimum absolute atomic E-state index is 0.102. The van der Waals surface area contributed by atoms with Crippen molar-refractivity contribution in [2.75, 3.05) is 6.61 Å². The summed E-state index contributed by atoms with van der Waals surface area (Å²) in [6, 6.07) is 0.102. The van der Waals surface area contributed by atoms with Crippen LogP contribution >= 0.6 is 0 Å². The van der Waals surface area contributed by atoms with Gasteiger partial charge < -0.3 is 10.5 Å². The zero-order valence-corrected chi connectivity index (χ0v) is 10.5. The van der Waals surface area contributed by atoms with E-state index in [1.807, 2.05) is 0 Å². The number of hydrogen-bond donors (Lipinski definition) is 1. The van der Waals surface area contributed by atoms with Gasteiger partial charge in [-0.25, -0.2) is 0 Å². The summed E-state index contributed by atoms with van der Waals surface area (Å²) in [6.45, 7) is 9.93. The Bertz CT molecular complexity index is 227. The van der Waals surface area contributed by atoms with E-state index in [4.69, 9.17) is 10.5 Å². The fourth-order valence-electron chi connectivity index (χ4n) is 2.37. The minimum atomic E-state index is 0.102. The Morgan fingerprint density at radius 3 is 2.60 bits per heavy atom. The second-order valence-electron chi connectivity index (χ2n) is 5.96. The van der Waals surface area contributed by atoms with Gasteiger partial charge in [0.05, 0.1) is 12.6 Å². The first-order valence-electron chi connectivity index (χ1n) is 5.97. The molecule has 2 nitrogen and oxygen atoms in total. The lowest BCUT2D eigenvalue weighted by molar-refractivity contribution is 0.209. The van der Waals surface area contributed by atoms with Gasteiger partial charge >= 0.3 is 0 Å². The molecule has 0 aliphatic carbocycles. The van der Waals surface area contributed by atoms with E-state index in [0.717, 1.165) is 25.2 Å². The third-order valence-corrected chi connectivity index (χ3v) is 2.71. The van der Waals surface area contributed by atoms with Gasteiger partial charge in [-0.2, -0.15) is 0 Å². The molecule has 0 saturated heterocycles. The van der Waals surface area contributed by atoms with E-state index >= 15 is 0 Å². The molecule has 1 heterocycles. The third-order valence-electron chi connectivity index (χ3n) is 2.71. The number of hydrogen-bond acceptors (Lipinski definition) is 2. The molecule has 0 spiro atoms. The number of rotatable bonds is 4. The predicted molar refractivity (Wildman–Crippen MR) is 64.5 cm³/mol. The van der Waals surface area contributed by atoms with E-state index in [2.05, 4.69) is 33.8 Å². The van der Waals surface area contributed by atoms with Crippen LogP contribution in [0.5, 0.6) is 0 Å². The molecular weight excluding hydrogens is 186 g/mol. The molecule has 0 saturated carbocycles. The summed E-state index contributed by atoms with van der Waals surface area (Å²) in [5.74, 6) is 1.67. The van der Waals surface area contributed by atoms with E-state index in [1.54, 1.807) is 0 Å². The van der Waals surface area contributed by atoms with E-state index in [-0.39, 0.29) is 6.04 Å².